The molecule has 6 nitrogen and oxygen atoms in total. The summed E-state index contributed by atoms with van der Waals surface area (Å²) in [6.45, 7) is 6.28. The van der Waals surface area contributed by atoms with Gasteiger partial charge in [-0.2, -0.15) is 0 Å². The number of methoxy groups -OCH3 is 1. The lowest BCUT2D eigenvalue weighted by Crippen LogP contribution is -2.52. The summed E-state index contributed by atoms with van der Waals surface area (Å²) < 4.78 is 5.14. The number of carbonyl (C=O) groups is 2. The van der Waals surface area contributed by atoms with Gasteiger partial charge in [0, 0.05) is 38.4 Å². The van der Waals surface area contributed by atoms with E-state index in [2.05, 4.69) is 16.8 Å². The Morgan fingerprint density at radius 1 is 1.23 bits per heavy atom. The number of hydrogen-bond acceptors (Lipinski definition) is 4. The first-order chi connectivity index (χ1) is 10.7. The number of amides is 2. The van der Waals surface area contributed by atoms with E-state index < -0.39 is 11.8 Å². The van der Waals surface area contributed by atoms with Crippen LogP contribution < -0.4 is 15.0 Å². The van der Waals surface area contributed by atoms with E-state index >= 15 is 0 Å². The van der Waals surface area contributed by atoms with Crippen molar-refractivity contribution in [3.63, 3.8) is 0 Å². The second-order valence-corrected chi connectivity index (χ2v) is 4.98. The third-order valence-electron chi connectivity index (χ3n) is 3.61. The third kappa shape index (κ3) is 3.78. The maximum atomic E-state index is 12.0. The van der Waals surface area contributed by atoms with Gasteiger partial charge in [0.2, 0.25) is 0 Å². The van der Waals surface area contributed by atoms with Crippen molar-refractivity contribution in [1.29, 1.82) is 0 Å². The fourth-order valence-corrected chi connectivity index (χ4v) is 2.34. The van der Waals surface area contributed by atoms with Gasteiger partial charge >= 0.3 is 11.8 Å². The summed E-state index contributed by atoms with van der Waals surface area (Å²) in [5.41, 5.74) is 1.09. The molecule has 0 unspecified atom stereocenters. The molecule has 1 aliphatic heterocycles. The largest absolute Gasteiger partial charge is 0.497 e. The number of piperazine rings is 1. The van der Waals surface area contributed by atoms with Crippen LogP contribution in [0.25, 0.3) is 0 Å². The Kier molecular flexibility index (Phi) is 5.41. The maximum Gasteiger partial charge on any atom is 0.312 e. The minimum atomic E-state index is -0.571. The Morgan fingerprint density at radius 2 is 1.86 bits per heavy atom. The minimum absolute atomic E-state index is 0.302. The first kappa shape index (κ1) is 15.9. The van der Waals surface area contributed by atoms with Gasteiger partial charge in [0.1, 0.15) is 5.75 Å². The average molecular weight is 303 g/mol. The molecular formula is C16H21N3O3. The van der Waals surface area contributed by atoms with Crippen molar-refractivity contribution in [2.75, 3.05) is 44.7 Å². The highest BCUT2D eigenvalue weighted by molar-refractivity contribution is 6.35. The molecule has 1 fully saturated rings. The first-order valence-corrected chi connectivity index (χ1v) is 7.22. The SMILES string of the molecule is C=CCNC(=O)C(=O)N1CCN(c2ccc(OC)cc2)CC1. The van der Waals surface area contributed by atoms with Crippen molar-refractivity contribution < 1.29 is 14.3 Å². The monoisotopic (exact) mass is 303 g/mol. The van der Waals surface area contributed by atoms with Crippen LogP contribution in [0.5, 0.6) is 5.75 Å². The standard InChI is InChI=1S/C16H21N3O3/c1-3-8-17-15(20)16(21)19-11-9-18(10-12-19)13-4-6-14(22-2)7-5-13/h3-7H,1,8-12H2,2H3,(H,17,20). The zero-order chi connectivity index (χ0) is 15.9. The predicted molar refractivity (Wildman–Crippen MR) is 85.0 cm³/mol. The number of anilines is 1. The second kappa shape index (κ2) is 7.49. The molecule has 22 heavy (non-hydrogen) atoms. The van der Waals surface area contributed by atoms with Crippen molar-refractivity contribution in [3.8, 4) is 5.75 Å². The van der Waals surface area contributed by atoms with E-state index in [1.807, 2.05) is 24.3 Å². The molecule has 0 aromatic heterocycles. The van der Waals surface area contributed by atoms with Gasteiger partial charge in [-0.25, -0.2) is 0 Å². The van der Waals surface area contributed by atoms with Crippen LogP contribution in [0.3, 0.4) is 0 Å². The first-order valence-electron chi connectivity index (χ1n) is 7.22. The van der Waals surface area contributed by atoms with Gasteiger partial charge in [0.25, 0.3) is 0 Å². The Balaban J connectivity index is 1.88. The smallest absolute Gasteiger partial charge is 0.312 e. The molecule has 0 atom stereocenters. The van der Waals surface area contributed by atoms with Crippen LogP contribution in [0.1, 0.15) is 0 Å². The molecule has 2 amide bonds. The molecule has 0 aliphatic carbocycles. The minimum Gasteiger partial charge on any atom is -0.497 e. The molecule has 1 N–H and O–H groups in total. The quantitative estimate of drug-likeness (QED) is 0.655. The zero-order valence-electron chi connectivity index (χ0n) is 12.7. The third-order valence-corrected chi connectivity index (χ3v) is 3.61. The van der Waals surface area contributed by atoms with Gasteiger partial charge in [0.05, 0.1) is 7.11 Å². The molecule has 1 aliphatic rings. The van der Waals surface area contributed by atoms with Crippen LogP contribution in [0.4, 0.5) is 5.69 Å². The molecule has 0 spiro atoms. The van der Waals surface area contributed by atoms with Crippen molar-refractivity contribution >= 4 is 17.5 Å². The second-order valence-electron chi connectivity index (χ2n) is 4.98. The summed E-state index contributed by atoms with van der Waals surface area (Å²) >= 11 is 0. The molecular weight excluding hydrogens is 282 g/mol. The van der Waals surface area contributed by atoms with E-state index in [0.29, 0.717) is 32.7 Å². The van der Waals surface area contributed by atoms with Gasteiger partial charge in [-0.05, 0) is 24.3 Å². The van der Waals surface area contributed by atoms with Crippen LogP contribution in [0, 0.1) is 0 Å². The van der Waals surface area contributed by atoms with Crippen LogP contribution in [-0.4, -0.2) is 56.5 Å². The highest BCUT2D eigenvalue weighted by Gasteiger charge is 2.25. The number of nitrogens with one attached hydrogen (secondary N) is 1. The Morgan fingerprint density at radius 3 is 2.41 bits per heavy atom. The fourth-order valence-electron chi connectivity index (χ4n) is 2.34. The summed E-state index contributed by atoms with van der Waals surface area (Å²) in [6.07, 6.45) is 1.55. The van der Waals surface area contributed by atoms with Crippen LogP contribution >= 0.6 is 0 Å². The fraction of sp³-hybridized carbons (Fsp3) is 0.375. The molecule has 1 saturated heterocycles. The van der Waals surface area contributed by atoms with Crippen LogP contribution in [0.15, 0.2) is 36.9 Å². The molecule has 0 bridgehead atoms. The van der Waals surface area contributed by atoms with E-state index in [0.717, 1.165) is 11.4 Å². The number of nitrogens with zero attached hydrogens (tertiary/aromatic N) is 2. The van der Waals surface area contributed by atoms with Gasteiger partial charge in [0.15, 0.2) is 0 Å². The van der Waals surface area contributed by atoms with Crippen molar-refractivity contribution in [2.45, 2.75) is 0 Å². The molecule has 1 aromatic rings. The zero-order valence-corrected chi connectivity index (χ0v) is 12.7. The highest BCUT2D eigenvalue weighted by atomic mass is 16.5. The number of benzene rings is 1. The summed E-state index contributed by atoms with van der Waals surface area (Å²) in [5, 5.41) is 2.51. The summed E-state index contributed by atoms with van der Waals surface area (Å²) in [5.74, 6) is -0.231. The number of hydrogen-bond donors (Lipinski definition) is 1. The molecule has 0 radical (unpaired) electrons. The van der Waals surface area contributed by atoms with Crippen molar-refractivity contribution in [3.05, 3.63) is 36.9 Å². The molecule has 6 heteroatoms. The average Bonchev–Trinajstić information content (AvgIpc) is 2.59. The number of ether oxygens (including phenoxy) is 1. The summed E-state index contributed by atoms with van der Waals surface area (Å²) in [7, 11) is 1.64. The normalized spacial score (nSPS) is 14.4. The van der Waals surface area contributed by atoms with E-state index in [-0.39, 0.29) is 0 Å². The number of carbonyl (C=O) groups excluding carboxylic acids is 2. The molecule has 1 heterocycles. The van der Waals surface area contributed by atoms with E-state index in [1.54, 1.807) is 18.1 Å². The van der Waals surface area contributed by atoms with Gasteiger partial charge in [-0.3, -0.25) is 9.59 Å². The number of rotatable bonds is 4. The lowest BCUT2D eigenvalue weighted by atomic mass is 10.2. The topological polar surface area (TPSA) is 61.9 Å². The lowest BCUT2D eigenvalue weighted by molar-refractivity contribution is -0.145. The molecule has 2 rings (SSSR count). The van der Waals surface area contributed by atoms with Crippen LogP contribution in [0.2, 0.25) is 0 Å². The Bertz CT molecular complexity index is 534. The van der Waals surface area contributed by atoms with Crippen LogP contribution in [-0.2, 0) is 9.59 Å². The highest BCUT2D eigenvalue weighted by Crippen LogP contribution is 2.20. The maximum absolute atomic E-state index is 12.0. The Hall–Kier alpha value is -2.50. The van der Waals surface area contributed by atoms with Gasteiger partial charge in [-0.1, -0.05) is 6.08 Å². The van der Waals surface area contributed by atoms with Gasteiger partial charge in [-0.15, -0.1) is 6.58 Å². The lowest BCUT2D eigenvalue weighted by Gasteiger charge is -2.35. The molecule has 1 aromatic carbocycles. The molecule has 118 valence electrons. The summed E-state index contributed by atoms with van der Waals surface area (Å²) in [6, 6.07) is 7.81. The van der Waals surface area contributed by atoms with E-state index in [1.165, 1.54) is 0 Å². The van der Waals surface area contributed by atoms with Crippen molar-refractivity contribution in [1.82, 2.24) is 10.2 Å². The molecule has 0 saturated carbocycles. The van der Waals surface area contributed by atoms with E-state index in [4.69, 9.17) is 4.74 Å². The van der Waals surface area contributed by atoms with E-state index in [9.17, 15) is 9.59 Å². The predicted octanol–water partition coefficient (Wildman–Crippen LogP) is 0.646. The summed E-state index contributed by atoms with van der Waals surface area (Å²) in [4.78, 5) is 27.4. The van der Waals surface area contributed by atoms with Gasteiger partial charge < -0.3 is 19.9 Å². The Labute approximate surface area is 130 Å². The van der Waals surface area contributed by atoms with Crippen molar-refractivity contribution in [2.24, 2.45) is 0 Å².